The summed E-state index contributed by atoms with van der Waals surface area (Å²) in [5.41, 5.74) is 3.18. The van der Waals surface area contributed by atoms with E-state index in [2.05, 4.69) is 4.98 Å². The third kappa shape index (κ3) is 4.38. The summed E-state index contributed by atoms with van der Waals surface area (Å²) in [6, 6.07) is 17.1. The first kappa shape index (κ1) is 19.3. The minimum absolute atomic E-state index is 0.0692. The Balaban J connectivity index is 1.38. The maximum absolute atomic E-state index is 12.5. The molecule has 1 amide bonds. The average Bonchev–Trinajstić information content (AvgIpc) is 3.43. The minimum atomic E-state index is -0.376. The highest BCUT2D eigenvalue weighted by Gasteiger charge is 2.20. The Hall–Kier alpha value is -2.99. The van der Waals surface area contributed by atoms with Crippen LogP contribution in [0.5, 0.6) is 0 Å². The molecule has 1 fully saturated rings. The van der Waals surface area contributed by atoms with Crippen LogP contribution in [0.3, 0.4) is 0 Å². The van der Waals surface area contributed by atoms with Crippen LogP contribution < -0.4 is 0 Å². The molecule has 0 aliphatic carbocycles. The fourth-order valence-corrected chi connectivity index (χ4v) is 4.32. The molecule has 1 aliphatic heterocycles. The summed E-state index contributed by atoms with van der Waals surface area (Å²) < 4.78 is 5.48. The molecule has 0 saturated carbocycles. The fraction of sp³-hybridized carbons (Fsp3) is 0.261. The third-order valence-corrected chi connectivity index (χ3v) is 6.15. The summed E-state index contributed by atoms with van der Waals surface area (Å²) in [4.78, 5) is 31.8. The second-order valence-corrected chi connectivity index (χ2v) is 8.07. The molecule has 0 N–H and O–H groups in total. The Morgan fingerprint density at radius 2 is 1.72 bits per heavy atom. The molecule has 2 heterocycles. The van der Waals surface area contributed by atoms with Crippen LogP contribution in [0, 0.1) is 6.92 Å². The van der Waals surface area contributed by atoms with Crippen molar-refractivity contribution in [2.75, 3.05) is 13.1 Å². The molecule has 29 heavy (non-hydrogen) atoms. The van der Waals surface area contributed by atoms with Crippen LogP contribution in [-0.2, 0) is 11.3 Å². The van der Waals surface area contributed by atoms with Gasteiger partial charge in [-0.15, -0.1) is 11.3 Å². The number of nitrogens with zero attached hydrogens (tertiary/aromatic N) is 2. The Labute approximate surface area is 174 Å². The average molecular weight is 407 g/mol. The zero-order chi connectivity index (χ0) is 20.2. The molecule has 5 nitrogen and oxygen atoms in total. The molecule has 1 aliphatic rings. The number of likely N-dealkylation sites (tertiary alicyclic amines) is 1. The van der Waals surface area contributed by atoms with E-state index in [4.69, 9.17) is 4.74 Å². The van der Waals surface area contributed by atoms with Gasteiger partial charge in [-0.25, -0.2) is 9.78 Å². The van der Waals surface area contributed by atoms with Crippen molar-refractivity contribution in [1.82, 2.24) is 9.88 Å². The smallest absolute Gasteiger partial charge is 0.350 e. The van der Waals surface area contributed by atoms with Gasteiger partial charge in [-0.05, 0) is 37.5 Å². The molecular weight excluding hydrogens is 384 g/mol. The van der Waals surface area contributed by atoms with Crippen molar-refractivity contribution in [2.45, 2.75) is 26.4 Å². The molecule has 0 atom stereocenters. The van der Waals surface area contributed by atoms with Gasteiger partial charge in [0.25, 0.3) is 5.91 Å². The molecular formula is C23H22N2O3S. The van der Waals surface area contributed by atoms with E-state index in [1.54, 1.807) is 12.1 Å². The molecule has 1 aromatic heterocycles. The Bertz CT molecular complexity index is 1010. The van der Waals surface area contributed by atoms with Crippen molar-refractivity contribution in [3.05, 3.63) is 76.3 Å². The fourth-order valence-electron chi connectivity index (χ4n) is 3.35. The first-order chi connectivity index (χ1) is 14.1. The van der Waals surface area contributed by atoms with Crippen molar-refractivity contribution < 1.29 is 14.3 Å². The number of carbonyl (C=O) groups is 2. The SMILES string of the molecule is Cc1nc(-c2ccccc2)sc1C(=O)OCc1ccc(C(=O)N2CCCC2)cc1. The van der Waals surface area contributed by atoms with E-state index in [9.17, 15) is 9.59 Å². The van der Waals surface area contributed by atoms with Gasteiger partial charge in [0.15, 0.2) is 0 Å². The summed E-state index contributed by atoms with van der Waals surface area (Å²) in [6.07, 6.45) is 2.14. The molecule has 3 aromatic rings. The van der Waals surface area contributed by atoms with Crippen LogP contribution in [0.15, 0.2) is 54.6 Å². The zero-order valence-electron chi connectivity index (χ0n) is 16.3. The van der Waals surface area contributed by atoms with Gasteiger partial charge in [0.1, 0.15) is 16.5 Å². The predicted molar refractivity (Wildman–Crippen MR) is 113 cm³/mol. The Morgan fingerprint density at radius 3 is 2.41 bits per heavy atom. The molecule has 1 saturated heterocycles. The number of carbonyl (C=O) groups excluding carboxylic acids is 2. The van der Waals surface area contributed by atoms with Gasteiger partial charge in [0, 0.05) is 24.2 Å². The highest BCUT2D eigenvalue weighted by Crippen LogP contribution is 2.28. The summed E-state index contributed by atoms with van der Waals surface area (Å²) in [7, 11) is 0. The van der Waals surface area contributed by atoms with Gasteiger partial charge >= 0.3 is 5.97 Å². The number of aryl methyl sites for hydroxylation is 1. The number of thiazole rings is 1. The number of ether oxygens (including phenoxy) is 1. The Morgan fingerprint density at radius 1 is 1.03 bits per heavy atom. The monoisotopic (exact) mass is 406 g/mol. The molecule has 0 radical (unpaired) electrons. The number of aromatic nitrogens is 1. The number of rotatable bonds is 5. The topological polar surface area (TPSA) is 59.5 Å². The molecule has 0 unspecified atom stereocenters. The lowest BCUT2D eigenvalue weighted by molar-refractivity contribution is 0.0477. The normalized spacial score (nSPS) is 13.5. The van der Waals surface area contributed by atoms with Gasteiger partial charge in [-0.2, -0.15) is 0 Å². The van der Waals surface area contributed by atoms with E-state index in [0.29, 0.717) is 16.1 Å². The number of hydrogen-bond acceptors (Lipinski definition) is 5. The van der Waals surface area contributed by atoms with Crippen LogP contribution in [0.2, 0.25) is 0 Å². The van der Waals surface area contributed by atoms with Gasteiger partial charge in [-0.1, -0.05) is 42.5 Å². The van der Waals surface area contributed by atoms with Gasteiger partial charge in [-0.3, -0.25) is 4.79 Å². The quantitative estimate of drug-likeness (QED) is 0.576. The van der Waals surface area contributed by atoms with Crippen LogP contribution >= 0.6 is 11.3 Å². The van der Waals surface area contributed by atoms with Crippen molar-refractivity contribution in [3.8, 4) is 10.6 Å². The summed E-state index contributed by atoms with van der Waals surface area (Å²) in [5.74, 6) is -0.306. The molecule has 0 bridgehead atoms. The van der Waals surface area contributed by atoms with Crippen LogP contribution in [0.1, 0.15) is 44.1 Å². The van der Waals surface area contributed by atoms with E-state index in [1.165, 1.54) is 11.3 Å². The van der Waals surface area contributed by atoms with Crippen molar-refractivity contribution in [2.24, 2.45) is 0 Å². The van der Waals surface area contributed by atoms with Crippen molar-refractivity contribution >= 4 is 23.2 Å². The lowest BCUT2D eigenvalue weighted by Crippen LogP contribution is -2.27. The number of benzene rings is 2. The zero-order valence-corrected chi connectivity index (χ0v) is 17.1. The second-order valence-electron chi connectivity index (χ2n) is 7.07. The number of esters is 1. The molecule has 2 aromatic carbocycles. The molecule has 6 heteroatoms. The number of hydrogen-bond donors (Lipinski definition) is 0. The first-order valence-corrected chi connectivity index (χ1v) is 10.5. The Kier molecular flexibility index (Phi) is 5.71. The van der Waals surface area contributed by atoms with E-state index >= 15 is 0 Å². The maximum atomic E-state index is 12.5. The van der Waals surface area contributed by atoms with Crippen molar-refractivity contribution in [3.63, 3.8) is 0 Å². The highest BCUT2D eigenvalue weighted by atomic mass is 32.1. The lowest BCUT2D eigenvalue weighted by Gasteiger charge is -2.15. The van der Waals surface area contributed by atoms with Gasteiger partial charge < -0.3 is 9.64 Å². The minimum Gasteiger partial charge on any atom is -0.457 e. The highest BCUT2D eigenvalue weighted by molar-refractivity contribution is 7.17. The van der Waals surface area contributed by atoms with Crippen LogP contribution in [-0.4, -0.2) is 34.8 Å². The van der Waals surface area contributed by atoms with Crippen LogP contribution in [0.4, 0.5) is 0 Å². The molecule has 148 valence electrons. The number of amides is 1. The standard InChI is InChI=1S/C23H22N2O3S/c1-16-20(29-21(24-16)18-7-3-2-4-8-18)23(27)28-15-17-9-11-19(12-10-17)22(26)25-13-5-6-14-25/h2-4,7-12H,5-6,13-15H2,1H3. The van der Waals surface area contributed by atoms with Gasteiger partial charge in [0.2, 0.25) is 0 Å². The summed E-state index contributed by atoms with van der Waals surface area (Å²) in [5, 5.41) is 0.805. The second kappa shape index (κ2) is 8.57. The molecule has 0 spiro atoms. The van der Waals surface area contributed by atoms with Crippen molar-refractivity contribution in [1.29, 1.82) is 0 Å². The van der Waals surface area contributed by atoms with E-state index in [0.717, 1.165) is 42.1 Å². The molecule has 4 rings (SSSR count). The first-order valence-electron chi connectivity index (χ1n) is 9.70. The summed E-state index contributed by atoms with van der Waals surface area (Å²) >= 11 is 1.34. The predicted octanol–water partition coefficient (Wildman–Crippen LogP) is 4.71. The maximum Gasteiger partial charge on any atom is 0.350 e. The largest absolute Gasteiger partial charge is 0.457 e. The van der Waals surface area contributed by atoms with Crippen LogP contribution in [0.25, 0.3) is 10.6 Å². The van der Waals surface area contributed by atoms with E-state index in [1.807, 2.05) is 54.3 Å². The lowest BCUT2D eigenvalue weighted by atomic mass is 10.1. The van der Waals surface area contributed by atoms with Gasteiger partial charge in [0.05, 0.1) is 5.69 Å². The van der Waals surface area contributed by atoms with E-state index < -0.39 is 0 Å². The third-order valence-electron chi connectivity index (χ3n) is 4.97. The van der Waals surface area contributed by atoms with E-state index in [-0.39, 0.29) is 18.5 Å². The summed E-state index contributed by atoms with van der Waals surface area (Å²) in [6.45, 7) is 3.64.